The zero-order valence-electron chi connectivity index (χ0n) is 13.3. The Balaban J connectivity index is 2.39. The van der Waals surface area contributed by atoms with E-state index in [2.05, 4.69) is 0 Å². The molecule has 0 spiro atoms. The lowest BCUT2D eigenvalue weighted by atomic mass is 9.76. The molecule has 0 heterocycles. The van der Waals surface area contributed by atoms with Crippen molar-refractivity contribution in [2.45, 2.75) is 24.8 Å². The molecule has 2 aromatic rings. The fraction of sp³-hybridized carbons (Fsp3) is 0.263. The first-order chi connectivity index (χ1) is 11.4. The van der Waals surface area contributed by atoms with Gasteiger partial charge in [0, 0.05) is 6.42 Å². The summed E-state index contributed by atoms with van der Waals surface area (Å²) in [5.41, 5.74) is 7.29. The zero-order chi connectivity index (χ0) is 17.6. The van der Waals surface area contributed by atoms with Gasteiger partial charge >= 0.3 is 11.9 Å². The molecule has 5 nitrogen and oxygen atoms in total. The van der Waals surface area contributed by atoms with Crippen molar-refractivity contribution < 1.29 is 19.8 Å². The van der Waals surface area contributed by atoms with Gasteiger partial charge in [0.1, 0.15) is 0 Å². The first-order valence-corrected chi connectivity index (χ1v) is 7.78. The Morgan fingerprint density at radius 3 is 1.75 bits per heavy atom. The zero-order valence-corrected chi connectivity index (χ0v) is 13.3. The lowest BCUT2D eigenvalue weighted by Crippen LogP contribution is -2.41. The van der Waals surface area contributed by atoms with Crippen LogP contribution in [0.1, 0.15) is 30.4 Å². The van der Waals surface area contributed by atoms with Gasteiger partial charge in [0.2, 0.25) is 0 Å². The van der Waals surface area contributed by atoms with E-state index >= 15 is 0 Å². The third-order valence-electron chi connectivity index (χ3n) is 4.20. The SMILES string of the molecule is NC(CC(CCC(=O)O)C(=O)O)(c1ccccc1)c1ccccc1. The van der Waals surface area contributed by atoms with Crippen molar-refractivity contribution >= 4 is 11.9 Å². The van der Waals surface area contributed by atoms with Gasteiger partial charge < -0.3 is 15.9 Å². The van der Waals surface area contributed by atoms with Crippen molar-refractivity contribution in [3.8, 4) is 0 Å². The number of rotatable bonds is 8. The average molecular weight is 327 g/mol. The van der Waals surface area contributed by atoms with E-state index in [9.17, 15) is 14.7 Å². The number of carboxylic acid groups (broad SMARTS) is 2. The molecule has 0 fully saturated rings. The molecule has 1 atom stereocenters. The largest absolute Gasteiger partial charge is 0.481 e. The number of nitrogens with two attached hydrogens (primary N) is 1. The van der Waals surface area contributed by atoms with Crippen LogP contribution in [0.15, 0.2) is 60.7 Å². The molecule has 0 saturated carbocycles. The molecule has 0 radical (unpaired) electrons. The first-order valence-electron chi connectivity index (χ1n) is 7.78. The Morgan fingerprint density at radius 2 is 1.38 bits per heavy atom. The van der Waals surface area contributed by atoms with Gasteiger partial charge in [0.15, 0.2) is 0 Å². The number of hydrogen-bond acceptors (Lipinski definition) is 3. The molecular weight excluding hydrogens is 306 g/mol. The molecule has 0 aromatic heterocycles. The van der Waals surface area contributed by atoms with E-state index < -0.39 is 23.4 Å². The van der Waals surface area contributed by atoms with Gasteiger partial charge in [0.25, 0.3) is 0 Å². The van der Waals surface area contributed by atoms with Crippen LogP contribution >= 0.6 is 0 Å². The Kier molecular flexibility index (Phi) is 5.71. The summed E-state index contributed by atoms with van der Waals surface area (Å²) in [6.45, 7) is 0. The molecule has 5 heteroatoms. The van der Waals surface area contributed by atoms with E-state index in [1.54, 1.807) is 0 Å². The van der Waals surface area contributed by atoms with Gasteiger partial charge in [-0.1, -0.05) is 60.7 Å². The second kappa shape index (κ2) is 7.75. The van der Waals surface area contributed by atoms with Crippen LogP contribution in [0.2, 0.25) is 0 Å². The third kappa shape index (κ3) is 4.20. The number of aliphatic carboxylic acids is 2. The van der Waals surface area contributed by atoms with Crippen LogP contribution < -0.4 is 5.73 Å². The smallest absolute Gasteiger partial charge is 0.306 e. The number of carboxylic acids is 2. The molecule has 1 unspecified atom stereocenters. The first kappa shape index (κ1) is 17.7. The molecule has 0 aliphatic heterocycles. The van der Waals surface area contributed by atoms with Gasteiger partial charge in [-0.15, -0.1) is 0 Å². The van der Waals surface area contributed by atoms with Gasteiger partial charge in [-0.25, -0.2) is 0 Å². The van der Waals surface area contributed by atoms with Crippen molar-refractivity contribution in [1.29, 1.82) is 0 Å². The Morgan fingerprint density at radius 1 is 0.917 bits per heavy atom. The maximum Gasteiger partial charge on any atom is 0.306 e. The van der Waals surface area contributed by atoms with Crippen molar-refractivity contribution in [3.63, 3.8) is 0 Å². The van der Waals surface area contributed by atoms with Gasteiger partial charge in [-0.2, -0.15) is 0 Å². The Bertz CT molecular complexity index is 646. The number of benzene rings is 2. The predicted octanol–water partition coefficient (Wildman–Crippen LogP) is 2.84. The number of hydrogen-bond donors (Lipinski definition) is 3. The lowest BCUT2D eigenvalue weighted by molar-refractivity contribution is -0.143. The normalized spacial score (nSPS) is 12.5. The van der Waals surface area contributed by atoms with E-state index in [1.807, 2.05) is 60.7 Å². The highest BCUT2D eigenvalue weighted by molar-refractivity contribution is 5.72. The average Bonchev–Trinajstić information content (AvgIpc) is 2.59. The third-order valence-corrected chi connectivity index (χ3v) is 4.20. The van der Waals surface area contributed by atoms with Crippen LogP contribution in [-0.4, -0.2) is 22.2 Å². The summed E-state index contributed by atoms with van der Waals surface area (Å²) in [5, 5.41) is 18.3. The van der Waals surface area contributed by atoms with E-state index in [0.29, 0.717) is 0 Å². The molecule has 0 aliphatic carbocycles. The minimum Gasteiger partial charge on any atom is -0.481 e. The standard InChI is InChI=1S/C19H21NO4/c20-19(15-7-3-1-4-8-15,16-9-5-2-6-10-16)13-14(18(23)24)11-12-17(21)22/h1-10,14H,11-13,20H2,(H,21,22)(H,23,24). The van der Waals surface area contributed by atoms with Crippen molar-refractivity contribution in [3.05, 3.63) is 71.8 Å². The summed E-state index contributed by atoms with van der Waals surface area (Å²) in [7, 11) is 0. The fourth-order valence-corrected chi connectivity index (χ4v) is 2.87. The van der Waals surface area contributed by atoms with Gasteiger partial charge in [-0.3, -0.25) is 9.59 Å². The summed E-state index contributed by atoms with van der Waals surface area (Å²) >= 11 is 0. The molecule has 2 aromatic carbocycles. The molecule has 24 heavy (non-hydrogen) atoms. The monoisotopic (exact) mass is 327 g/mol. The summed E-state index contributed by atoms with van der Waals surface area (Å²) in [6, 6.07) is 18.6. The predicted molar refractivity (Wildman–Crippen MR) is 90.5 cm³/mol. The van der Waals surface area contributed by atoms with Crippen LogP contribution in [0.3, 0.4) is 0 Å². The summed E-state index contributed by atoms with van der Waals surface area (Å²) in [6.07, 6.45) is -0.0243. The van der Waals surface area contributed by atoms with Crippen LogP contribution in [-0.2, 0) is 15.1 Å². The Labute approximate surface area is 140 Å². The van der Waals surface area contributed by atoms with Crippen molar-refractivity contribution in [1.82, 2.24) is 0 Å². The van der Waals surface area contributed by atoms with Crippen molar-refractivity contribution in [2.75, 3.05) is 0 Å². The maximum atomic E-state index is 11.6. The van der Waals surface area contributed by atoms with E-state index in [1.165, 1.54) is 0 Å². The fourth-order valence-electron chi connectivity index (χ4n) is 2.87. The number of carbonyl (C=O) groups is 2. The minimum atomic E-state index is -1.03. The van der Waals surface area contributed by atoms with Crippen molar-refractivity contribution in [2.24, 2.45) is 11.7 Å². The second-order valence-electron chi connectivity index (χ2n) is 5.88. The van der Waals surface area contributed by atoms with Crippen LogP contribution in [0.4, 0.5) is 0 Å². The van der Waals surface area contributed by atoms with Gasteiger partial charge in [0.05, 0.1) is 11.5 Å². The molecule has 4 N–H and O–H groups in total. The highest BCUT2D eigenvalue weighted by Gasteiger charge is 2.35. The maximum absolute atomic E-state index is 11.6. The lowest BCUT2D eigenvalue weighted by Gasteiger charge is -2.33. The molecule has 0 saturated heterocycles. The molecule has 0 aliphatic rings. The summed E-state index contributed by atoms with van der Waals surface area (Å²) in [4.78, 5) is 22.4. The van der Waals surface area contributed by atoms with Crippen LogP contribution in [0.25, 0.3) is 0 Å². The van der Waals surface area contributed by atoms with E-state index in [4.69, 9.17) is 10.8 Å². The molecule has 126 valence electrons. The van der Waals surface area contributed by atoms with E-state index in [0.717, 1.165) is 11.1 Å². The molecule has 0 amide bonds. The second-order valence-corrected chi connectivity index (χ2v) is 5.88. The van der Waals surface area contributed by atoms with Gasteiger partial charge in [-0.05, 0) is 24.0 Å². The summed E-state index contributed by atoms with van der Waals surface area (Å²) in [5.74, 6) is -2.88. The molecule has 2 rings (SSSR count). The quantitative estimate of drug-likeness (QED) is 0.692. The Hall–Kier alpha value is -2.66. The van der Waals surface area contributed by atoms with Crippen LogP contribution in [0.5, 0.6) is 0 Å². The van der Waals surface area contributed by atoms with Crippen LogP contribution in [0, 0.1) is 5.92 Å². The molecular formula is C19H21NO4. The summed E-state index contributed by atoms with van der Waals surface area (Å²) < 4.78 is 0. The van der Waals surface area contributed by atoms with E-state index in [-0.39, 0.29) is 19.3 Å². The minimum absolute atomic E-state index is 0.0449. The molecule has 0 bridgehead atoms. The highest BCUT2D eigenvalue weighted by atomic mass is 16.4. The topological polar surface area (TPSA) is 101 Å². The highest BCUT2D eigenvalue weighted by Crippen LogP contribution is 2.34.